The van der Waals surface area contributed by atoms with Gasteiger partial charge < -0.3 is 15.8 Å². The second-order valence-corrected chi connectivity index (χ2v) is 6.28. The van der Waals surface area contributed by atoms with Crippen LogP contribution in [-0.2, 0) is 9.53 Å². The summed E-state index contributed by atoms with van der Waals surface area (Å²) in [7, 11) is 0. The normalized spacial score (nSPS) is 39.7. The van der Waals surface area contributed by atoms with Crippen molar-refractivity contribution >= 4 is 5.91 Å². The fraction of sp³-hybridized carbons (Fsp3) is 0.929. The van der Waals surface area contributed by atoms with Crippen molar-refractivity contribution in [2.45, 2.75) is 69.4 Å². The molecule has 0 aromatic heterocycles. The van der Waals surface area contributed by atoms with Gasteiger partial charge in [-0.2, -0.15) is 0 Å². The molecule has 0 aromatic rings. The highest BCUT2D eigenvalue weighted by Gasteiger charge is 2.40. The first-order chi connectivity index (χ1) is 9.17. The maximum atomic E-state index is 12.2. The van der Waals surface area contributed by atoms with Crippen molar-refractivity contribution in [3.05, 3.63) is 0 Å². The number of hydrogen-bond acceptors (Lipinski definition) is 4. The van der Waals surface area contributed by atoms with Gasteiger partial charge in [0.05, 0.1) is 6.10 Å². The van der Waals surface area contributed by atoms with Gasteiger partial charge in [0, 0.05) is 31.2 Å². The van der Waals surface area contributed by atoms with Gasteiger partial charge in [-0.25, -0.2) is 0 Å². The predicted octanol–water partition coefficient (Wildman–Crippen LogP) is 0.234. The van der Waals surface area contributed by atoms with Crippen LogP contribution in [0.15, 0.2) is 0 Å². The molecule has 3 N–H and O–H groups in total. The number of hydrogen-bond donors (Lipinski definition) is 2. The summed E-state index contributed by atoms with van der Waals surface area (Å²) in [5.74, 6) is 0.0609. The number of likely N-dealkylation sites (tertiary alicyclic amines) is 1. The molecule has 0 bridgehead atoms. The molecule has 3 rings (SSSR count). The van der Waals surface area contributed by atoms with E-state index in [9.17, 15) is 4.79 Å². The van der Waals surface area contributed by atoms with Crippen molar-refractivity contribution in [3.63, 3.8) is 0 Å². The van der Waals surface area contributed by atoms with E-state index in [0.717, 1.165) is 31.8 Å². The largest absolute Gasteiger partial charge is 0.364 e. The SMILES string of the molecule is CC1CC(NC(=O)[C@@H]2CC[C@H](CN)O2)CN1C1CC1. The maximum absolute atomic E-state index is 12.2. The molecule has 2 heterocycles. The maximum Gasteiger partial charge on any atom is 0.249 e. The van der Waals surface area contributed by atoms with Crippen molar-refractivity contribution in [2.24, 2.45) is 5.73 Å². The van der Waals surface area contributed by atoms with Crippen LogP contribution in [0.5, 0.6) is 0 Å². The van der Waals surface area contributed by atoms with Gasteiger partial charge in [-0.3, -0.25) is 9.69 Å². The molecule has 3 fully saturated rings. The number of amides is 1. The molecule has 1 aliphatic carbocycles. The summed E-state index contributed by atoms with van der Waals surface area (Å²) in [6.07, 6.45) is 5.23. The molecular weight excluding hydrogens is 242 g/mol. The van der Waals surface area contributed by atoms with Crippen LogP contribution in [-0.4, -0.2) is 54.2 Å². The molecule has 1 amide bonds. The zero-order valence-electron chi connectivity index (χ0n) is 11.7. The van der Waals surface area contributed by atoms with E-state index in [1.807, 2.05) is 0 Å². The van der Waals surface area contributed by atoms with E-state index in [1.165, 1.54) is 12.8 Å². The Kier molecular flexibility index (Phi) is 3.78. The average Bonchev–Trinajstić information content (AvgIpc) is 2.99. The third-order valence-electron chi connectivity index (χ3n) is 4.65. The number of carbonyl (C=O) groups excluding carboxylic acids is 1. The van der Waals surface area contributed by atoms with E-state index >= 15 is 0 Å². The number of nitrogens with one attached hydrogen (secondary N) is 1. The topological polar surface area (TPSA) is 67.6 Å². The van der Waals surface area contributed by atoms with Crippen molar-refractivity contribution in [3.8, 4) is 0 Å². The second-order valence-electron chi connectivity index (χ2n) is 6.28. The number of rotatable bonds is 4. The minimum absolute atomic E-state index is 0.0609. The van der Waals surface area contributed by atoms with E-state index in [-0.39, 0.29) is 18.1 Å². The monoisotopic (exact) mass is 267 g/mol. The summed E-state index contributed by atoms with van der Waals surface area (Å²) in [5.41, 5.74) is 5.57. The molecule has 1 saturated carbocycles. The molecule has 0 radical (unpaired) electrons. The van der Waals surface area contributed by atoms with Crippen LogP contribution in [0, 0.1) is 0 Å². The van der Waals surface area contributed by atoms with Crippen molar-refractivity contribution in [1.82, 2.24) is 10.2 Å². The smallest absolute Gasteiger partial charge is 0.249 e. The summed E-state index contributed by atoms with van der Waals surface area (Å²) >= 11 is 0. The highest BCUT2D eigenvalue weighted by atomic mass is 16.5. The van der Waals surface area contributed by atoms with Crippen LogP contribution in [0.3, 0.4) is 0 Å². The van der Waals surface area contributed by atoms with Gasteiger partial charge in [0.15, 0.2) is 0 Å². The Bertz CT molecular complexity index is 346. The Labute approximate surface area is 114 Å². The van der Waals surface area contributed by atoms with E-state index < -0.39 is 0 Å². The molecular formula is C14H25N3O2. The first kappa shape index (κ1) is 13.3. The summed E-state index contributed by atoms with van der Waals surface area (Å²) in [5, 5.41) is 3.16. The van der Waals surface area contributed by atoms with E-state index in [1.54, 1.807) is 0 Å². The van der Waals surface area contributed by atoms with Crippen LogP contribution in [0.4, 0.5) is 0 Å². The summed E-state index contributed by atoms with van der Waals surface area (Å²) in [6, 6.07) is 1.67. The van der Waals surface area contributed by atoms with Crippen LogP contribution in [0.25, 0.3) is 0 Å². The lowest BCUT2D eigenvalue weighted by molar-refractivity contribution is -0.132. The Balaban J connectivity index is 1.47. The van der Waals surface area contributed by atoms with Gasteiger partial charge in [-0.05, 0) is 39.0 Å². The molecule has 19 heavy (non-hydrogen) atoms. The standard InChI is InChI=1S/C14H25N3O2/c1-9-6-10(8-17(9)11-2-3-11)16-14(18)13-5-4-12(7-15)19-13/h9-13H,2-8,15H2,1H3,(H,16,18)/t9?,10?,12-,13+/m1/s1. The first-order valence-electron chi connectivity index (χ1n) is 7.59. The number of nitrogens with two attached hydrogens (primary N) is 1. The zero-order valence-corrected chi connectivity index (χ0v) is 11.7. The van der Waals surface area contributed by atoms with Gasteiger partial charge >= 0.3 is 0 Å². The van der Waals surface area contributed by atoms with Crippen molar-refractivity contribution in [2.75, 3.05) is 13.1 Å². The van der Waals surface area contributed by atoms with Gasteiger partial charge in [-0.1, -0.05) is 0 Å². The molecule has 0 aromatic carbocycles. The number of ether oxygens (including phenoxy) is 1. The fourth-order valence-corrected chi connectivity index (χ4v) is 3.44. The van der Waals surface area contributed by atoms with E-state index in [2.05, 4.69) is 17.1 Å². The Morgan fingerprint density at radius 2 is 2.16 bits per heavy atom. The molecule has 2 saturated heterocycles. The lowest BCUT2D eigenvalue weighted by Crippen LogP contribution is -2.43. The van der Waals surface area contributed by atoms with Crippen molar-refractivity contribution < 1.29 is 9.53 Å². The van der Waals surface area contributed by atoms with Gasteiger partial charge in [0.1, 0.15) is 6.10 Å². The van der Waals surface area contributed by atoms with Gasteiger partial charge in [-0.15, -0.1) is 0 Å². The Morgan fingerprint density at radius 3 is 2.79 bits per heavy atom. The highest BCUT2D eigenvalue weighted by Crippen LogP contribution is 2.33. The van der Waals surface area contributed by atoms with E-state index in [4.69, 9.17) is 10.5 Å². The number of carbonyl (C=O) groups is 1. The lowest BCUT2D eigenvalue weighted by Gasteiger charge is -2.20. The van der Waals surface area contributed by atoms with Crippen molar-refractivity contribution in [1.29, 1.82) is 0 Å². The average molecular weight is 267 g/mol. The molecule has 3 aliphatic rings. The highest BCUT2D eigenvalue weighted by molar-refractivity contribution is 5.81. The van der Waals surface area contributed by atoms with Gasteiger partial charge in [0.25, 0.3) is 0 Å². The van der Waals surface area contributed by atoms with Gasteiger partial charge in [0.2, 0.25) is 5.91 Å². The zero-order chi connectivity index (χ0) is 13.4. The van der Waals surface area contributed by atoms with Crippen LogP contribution in [0.1, 0.15) is 39.0 Å². The summed E-state index contributed by atoms with van der Waals surface area (Å²) < 4.78 is 5.65. The third kappa shape index (κ3) is 2.93. The third-order valence-corrected chi connectivity index (χ3v) is 4.65. The predicted molar refractivity (Wildman–Crippen MR) is 72.7 cm³/mol. The lowest BCUT2D eigenvalue weighted by atomic mass is 10.1. The molecule has 0 spiro atoms. The number of nitrogens with zero attached hydrogens (tertiary/aromatic N) is 1. The van der Waals surface area contributed by atoms with Crippen LogP contribution >= 0.6 is 0 Å². The Morgan fingerprint density at radius 1 is 1.37 bits per heavy atom. The summed E-state index contributed by atoms with van der Waals surface area (Å²) in [4.78, 5) is 14.7. The van der Waals surface area contributed by atoms with E-state index in [0.29, 0.717) is 18.6 Å². The molecule has 4 atom stereocenters. The minimum Gasteiger partial charge on any atom is -0.364 e. The quantitative estimate of drug-likeness (QED) is 0.765. The Hall–Kier alpha value is -0.650. The first-order valence-corrected chi connectivity index (χ1v) is 7.59. The molecule has 5 nitrogen and oxygen atoms in total. The van der Waals surface area contributed by atoms with Crippen LogP contribution in [0.2, 0.25) is 0 Å². The molecule has 2 unspecified atom stereocenters. The minimum atomic E-state index is -0.279. The molecule has 108 valence electrons. The molecule has 5 heteroatoms. The second kappa shape index (κ2) is 5.38. The van der Waals surface area contributed by atoms with Crippen LogP contribution < -0.4 is 11.1 Å². The fourth-order valence-electron chi connectivity index (χ4n) is 3.44. The molecule has 2 aliphatic heterocycles. The summed E-state index contributed by atoms with van der Waals surface area (Å²) in [6.45, 7) is 3.78.